The molecular formula is C18H19N3O3S. The van der Waals surface area contributed by atoms with Crippen LogP contribution in [0.15, 0.2) is 52.2 Å². The highest BCUT2D eigenvalue weighted by Gasteiger charge is 2.26. The van der Waals surface area contributed by atoms with E-state index in [1.807, 2.05) is 54.9 Å². The zero-order chi connectivity index (χ0) is 17.8. The van der Waals surface area contributed by atoms with E-state index >= 15 is 0 Å². The molecule has 0 amide bonds. The zero-order valence-corrected chi connectivity index (χ0v) is 15.1. The van der Waals surface area contributed by atoms with Crippen LogP contribution in [0.1, 0.15) is 23.5 Å². The molecule has 0 bridgehead atoms. The first-order valence-electron chi connectivity index (χ1n) is 7.94. The topological polar surface area (TPSA) is 70.2 Å². The number of benzene rings is 1. The van der Waals surface area contributed by atoms with E-state index in [-0.39, 0.29) is 5.97 Å². The standard InChI is InChI=1S/C18H19N3O3S/c1-4-23-17(22)15(13-8-6-5-7-9-13)25-18-20-19-16(21(18)3)14-10-11-24-12(14)2/h5-11,15H,4H2,1-3H3/t15-/m1/s1. The number of nitrogens with zero attached hydrogens (tertiary/aromatic N) is 3. The third-order valence-electron chi connectivity index (χ3n) is 3.76. The molecule has 0 unspecified atom stereocenters. The Morgan fingerprint density at radius 1 is 1.28 bits per heavy atom. The summed E-state index contributed by atoms with van der Waals surface area (Å²) in [6.45, 7) is 4.01. The van der Waals surface area contributed by atoms with E-state index in [9.17, 15) is 4.79 Å². The zero-order valence-electron chi connectivity index (χ0n) is 14.3. The highest BCUT2D eigenvalue weighted by Crippen LogP contribution is 2.36. The molecule has 7 heteroatoms. The summed E-state index contributed by atoms with van der Waals surface area (Å²) >= 11 is 1.32. The molecule has 0 saturated carbocycles. The van der Waals surface area contributed by atoms with Gasteiger partial charge in [0, 0.05) is 7.05 Å². The Balaban J connectivity index is 1.91. The number of carbonyl (C=O) groups excluding carboxylic acids is 1. The molecule has 0 saturated heterocycles. The molecular weight excluding hydrogens is 338 g/mol. The number of furan rings is 1. The summed E-state index contributed by atoms with van der Waals surface area (Å²) in [5, 5.41) is 8.64. The van der Waals surface area contributed by atoms with E-state index < -0.39 is 5.25 Å². The maximum absolute atomic E-state index is 12.4. The fourth-order valence-corrected chi connectivity index (χ4v) is 3.47. The second-order valence-electron chi connectivity index (χ2n) is 5.42. The molecule has 1 atom stereocenters. The van der Waals surface area contributed by atoms with Crippen molar-refractivity contribution in [3.8, 4) is 11.4 Å². The van der Waals surface area contributed by atoms with Crippen molar-refractivity contribution in [3.05, 3.63) is 54.0 Å². The first-order valence-corrected chi connectivity index (χ1v) is 8.82. The van der Waals surface area contributed by atoms with Gasteiger partial charge in [-0.2, -0.15) is 0 Å². The summed E-state index contributed by atoms with van der Waals surface area (Å²) in [6.07, 6.45) is 1.62. The minimum atomic E-state index is -0.498. The number of aromatic nitrogens is 3. The second-order valence-corrected chi connectivity index (χ2v) is 6.49. The van der Waals surface area contributed by atoms with Gasteiger partial charge in [0.15, 0.2) is 11.0 Å². The van der Waals surface area contributed by atoms with Gasteiger partial charge in [-0.15, -0.1) is 10.2 Å². The molecule has 0 radical (unpaired) electrons. The van der Waals surface area contributed by atoms with E-state index in [4.69, 9.17) is 9.15 Å². The molecule has 0 fully saturated rings. The van der Waals surface area contributed by atoms with Crippen LogP contribution in [0.4, 0.5) is 0 Å². The van der Waals surface area contributed by atoms with Crippen molar-refractivity contribution in [1.29, 1.82) is 0 Å². The fourth-order valence-electron chi connectivity index (χ4n) is 2.47. The Labute approximate surface area is 150 Å². The smallest absolute Gasteiger partial charge is 0.324 e. The molecule has 6 nitrogen and oxygen atoms in total. The largest absolute Gasteiger partial charge is 0.469 e. The Morgan fingerprint density at radius 2 is 2.04 bits per heavy atom. The SMILES string of the molecule is CCOC(=O)[C@H](Sc1nnc(-c2ccoc2C)n1C)c1ccccc1. The van der Waals surface area contributed by atoms with Crippen molar-refractivity contribution in [3.63, 3.8) is 0 Å². The normalized spacial score (nSPS) is 12.1. The summed E-state index contributed by atoms with van der Waals surface area (Å²) in [5.74, 6) is 1.18. The lowest BCUT2D eigenvalue weighted by Crippen LogP contribution is -2.14. The average molecular weight is 357 g/mol. The van der Waals surface area contributed by atoms with E-state index in [2.05, 4.69) is 10.2 Å². The summed E-state index contributed by atoms with van der Waals surface area (Å²) in [4.78, 5) is 12.4. The van der Waals surface area contributed by atoms with Gasteiger partial charge in [0.1, 0.15) is 11.0 Å². The van der Waals surface area contributed by atoms with Gasteiger partial charge >= 0.3 is 5.97 Å². The number of carbonyl (C=O) groups is 1. The van der Waals surface area contributed by atoms with Crippen molar-refractivity contribution < 1.29 is 13.9 Å². The summed E-state index contributed by atoms with van der Waals surface area (Å²) in [6, 6.07) is 11.4. The summed E-state index contributed by atoms with van der Waals surface area (Å²) in [7, 11) is 1.87. The number of thioether (sulfide) groups is 1. The molecule has 25 heavy (non-hydrogen) atoms. The van der Waals surface area contributed by atoms with Crippen LogP contribution in [-0.4, -0.2) is 27.3 Å². The number of hydrogen-bond acceptors (Lipinski definition) is 6. The van der Waals surface area contributed by atoms with Crippen LogP contribution >= 0.6 is 11.8 Å². The van der Waals surface area contributed by atoms with Crippen molar-refractivity contribution in [2.24, 2.45) is 7.05 Å². The van der Waals surface area contributed by atoms with Gasteiger partial charge in [0.05, 0.1) is 18.4 Å². The minimum absolute atomic E-state index is 0.289. The van der Waals surface area contributed by atoms with Crippen LogP contribution in [0.25, 0.3) is 11.4 Å². The predicted molar refractivity (Wildman–Crippen MR) is 95.1 cm³/mol. The molecule has 2 heterocycles. The quantitative estimate of drug-likeness (QED) is 0.494. The van der Waals surface area contributed by atoms with E-state index in [1.165, 1.54) is 11.8 Å². The molecule has 130 valence electrons. The molecule has 0 spiro atoms. The number of ether oxygens (including phenoxy) is 1. The van der Waals surface area contributed by atoms with Gasteiger partial charge in [-0.1, -0.05) is 42.1 Å². The van der Waals surface area contributed by atoms with Crippen LogP contribution in [0.5, 0.6) is 0 Å². The van der Waals surface area contributed by atoms with Crippen molar-refractivity contribution >= 4 is 17.7 Å². The summed E-state index contributed by atoms with van der Waals surface area (Å²) in [5.41, 5.74) is 1.75. The van der Waals surface area contributed by atoms with Crippen LogP contribution in [0, 0.1) is 6.92 Å². The number of hydrogen-bond donors (Lipinski definition) is 0. The Kier molecular flexibility index (Phi) is 5.23. The van der Waals surface area contributed by atoms with Crippen LogP contribution in [0.3, 0.4) is 0 Å². The molecule has 1 aromatic carbocycles. The van der Waals surface area contributed by atoms with Crippen LogP contribution in [0.2, 0.25) is 0 Å². The van der Waals surface area contributed by atoms with Crippen LogP contribution in [-0.2, 0) is 16.6 Å². The molecule has 0 N–H and O–H groups in total. The third-order valence-corrected chi connectivity index (χ3v) is 5.03. The monoisotopic (exact) mass is 357 g/mol. The lowest BCUT2D eigenvalue weighted by Gasteiger charge is -2.15. The molecule has 0 aliphatic carbocycles. The van der Waals surface area contributed by atoms with Crippen molar-refractivity contribution in [1.82, 2.24) is 14.8 Å². The van der Waals surface area contributed by atoms with Gasteiger partial charge in [-0.3, -0.25) is 4.79 Å². The van der Waals surface area contributed by atoms with E-state index in [0.29, 0.717) is 17.6 Å². The van der Waals surface area contributed by atoms with E-state index in [1.54, 1.807) is 13.2 Å². The van der Waals surface area contributed by atoms with Crippen molar-refractivity contribution in [2.45, 2.75) is 24.3 Å². The lowest BCUT2D eigenvalue weighted by molar-refractivity contribution is -0.142. The number of aryl methyl sites for hydroxylation is 1. The second kappa shape index (κ2) is 7.57. The fraction of sp³-hybridized carbons (Fsp3) is 0.278. The Hall–Kier alpha value is -2.54. The van der Waals surface area contributed by atoms with Gasteiger partial charge in [-0.05, 0) is 25.5 Å². The molecule has 3 aromatic rings. The number of esters is 1. The molecule has 3 rings (SSSR count). The first-order chi connectivity index (χ1) is 12.1. The number of rotatable bonds is 6. The first kappa shape index (κ1) is 17.3. The lowest BCUT2D eigenvalue weighted by atomic mass is 10.1. The van der Waals surface area contributed by atoms with Crippen molar-refractivity contribution in [2.75, 3.05) is 6.61 Å². The molecule has 0 aliphatic rings. The average Bonchev–Trinajstić information content (AvgIpc) is 3.19. The Morgan fingerprint density at radius 3 is 2.68 bits per heavy atom. The predicted octanol–water partition coefficient (Wildman–Crippen LogP) is 3.78. The highest BCUT2D eigenvalue weighted by atomic mass is 32.2. The van der Waals surface area contributed by atoms with Gasteiger partial charge < -0.3 is 13.7 Å². The minimum Gasteiger partial charge on any atom is -0.469 e. The van der Waals surface area contributed by atoms with E-state index in [0.717, 1.165) is 16.9 Å². The molecule has 2 aromatic heterocycles. The summed E-state index contributed by atoms with van der Waals surface area (Å²) < 4.78 is 12.4. The van der Waals surface area contributed by atoms with Gasteiger partial charge in [-0.25, -0.2) is 0 Å². The Bertz CT molecular complexity index is 858. The van der Waals surface area contributed by atoms with Crippen LogP contribution < -0.4 is 0 Å². The highest BCUT2D eigenvalue weighted by molar-refractivity contribution is 8.00. The van der Waals surface area contributed by atoms with Gasteiger partial charge in [0.2, 0.25) is 0 Å². The maximum atomic E-state index is 12.4. The maximum Gasteiger partial charge on any atom is 0.324 e. The van der Waals surface area contributed by atoms with Gasteiger partial charge in [0.25, 0.3) is 0 Å². The molecule has 0 aliphatic heterocycles. The third kappa shape index (κ3) is 3.61.